The minimum Gasteiger partial charge on any atom is -0.449 e. The Morgan fingerprint density at radius 2 is 1.95 bits per heavy atom. The predicted octanol–water partition coefficient (Wildman–Crippen LogP) is 1.61. The number of ether oxygens (including phenoxy) is 1. The zero-order valence-electron chi connectivity index (χ0n) is 11.6. The first-order chi connectivity index (χ1) is 8.92. The van der Waals surface area contributed by atoms with Crippen molar-refractivity contribution >= 4 is 16.2 Å². The van der Waals surface area contributed by atoms with E-state index in [-0.39, 0.29) is 18.6 Å². The highest BCUT2D eigenvalue weighted by Gasteiger charge is 2.24. The molecule has 1 saturated heterocycles. The third-order valence-corrected chi connectivity index (χ3v) is 3.68. The van der Waals surface area contributed by atoms with E-state index in [9.17, 15) is 13.2 Å². The van der Waals surface area contributed by atoms with Crippen molar-refractivity contribution in [3.05, 3.63) is 0 Å². The Hall–Kier alpha value is -0.820. The fraction of sp³-hybridized carbons (Fsp3) is 0.917. The summed E-state index contributed by atoms with van der Waals surface area (Å²) in [5.74, 6) is 0.189. The van der Waals surface area contributed by atoms with Crippen LogP contribution in [0.3, 0.4) is 0 Å². The van der Waals surface area contributed by atoms with E-state index < -0.39 is 10.1 Å². The van der Waals surface area contributed by atoms with Gasteiger partial charge in [-0.05, 0) is 25.2 Å². The molecule has 0 bridgehead atoms. The minimum atomic E-state index is -3.37. The molecule has 0 unspecified atom stereocenters. The first-order valence-corrected chi connectivity index (χ1v) is 8.50. The molecule has 0 spiro atoms. The van der Waals surface area contributed by atoms with Crippen molar-refractivity contribution in [3.8, 4) is 0 Å². The summed E-state index contributed by atoms with van der Waals surface area (Å²) in [7, 11) is -3.37. The molecule has 19 heavy (non-hydrogen) atoms. The Labute approximate surface area is 115 Å². The van der Waals surface area contributed by atoms with Crippen LogP contribution in [-0.4, -0.2) is 52.0 Å². The molecule has 6 nitrogen and oxygen atoms in total. The molecule has 0 aromatic rings. The lowest BCUT2D eigenvalue weighted by atomic mass is 9.98. The number of unbranched alkanes of at least 4 members (excludes halogenated alkanes) is 1. The molecule has 0 radical (unpaired) electrons. The molecule has 0 aromatic heterocycles. The monoisotopic (exact) mass is 293 g/mol. The maximum absolute atomic E-state index is 11.7. The number of carbonyl (C=O) groups is 1. The molecule has 1 fully saturated rings. The maximum atomic E-state index is 11.7. The fourth-order valence-electron chi connectivity index (χ4n) is 1.90. The van der Waals surface area contributed by atoms with Crippen LogP contribution in [0.25, 0.3) is 0 Å². The summed E-state index contributed by atoms with van der Waals surface area (Å²) in [6, 6.07) is 0. The first-order valence-electron chi connectivity index (χ1n) is 6.68. The molecule has 0 aromatic carbocycles. The van der Waals surface area contributed by atoms with Gasteiger partial charge in [0.1, 0.15) is 0 Å². The van der Waals surface area contributed by atoms with E-state index in [1.165, 1.54) is 0 Å². The molecule has 0 saturated carbocycles. The third kappa shape index (κ3) is 6.77. The molecule has 1 aliphatic rings. The van der Waals surface area contributed by atoms with Crippen LogP contribution < -0.4 is 0 Å². The second-order valence-corrected chi connectivity index (χ2v) is 6.53. The highest BCUT2D eigenvalue weighted by atomic mass is 32.2. The van der Waals surface area contributed by atoms with Gasteiger partial charge in [-0.2, -0.15) is 8.42 Å². The van der Waals surface area contributed by atoms with Gasteiger partial charge in [0.25, 0.3) is 10.1 Å². The van der Waals surface area contributed by atoms with Crippen LogP contribution in [0.4, 0.5) is 4.79 Å². The Bertz CT molecular complexity index is 374. The van der Waals surface area contributed by atoms with Crippen LogP contribution in [-0.2, 0) is 19.0 Å². The quantitative estimate of drug-likeness (QED) is 0.549. The fourth-order valence-corrected chi connectivity index (χ4v) is 2.34. The maximum Gasteiger partial charge on any atom is 0.409 e. The molecule has 112 valence electrons. The summed E-state index contributed by atoms with van der Waals surface area (Å²) < 4.78 is 31.7. The van der Waals surface area contributed by atoms with Gasteiger partial charge in [0.15, 0.2) is 0 Å². The van der Waals surface area contributed by atoms with Gasteiger partial charge in [-0.3, -0.25) is 4.18 Å². The van der Waals surface area contributed by atoms with Gasteiger partial charge in [0.2, 0.25) is 0 Å². The average molecular weight is 293 g/mol. The van der Waals surface area contributed by atoms with E-state index >= 15 is 0 Å². The Morgan fingerprint density at radius 1 is 1.32 bits per heavy atom. The first kappa shape index (κ1) is 16.2. The number of likely N-dealkylation sites (tertiary alicyclic amines) is 1. The number of carbonyl (C=O) groups excluding carboxylic acids is 1. The Balaban J connectivity index is 2.23. The lowest BCUT2D eigenvalue weighted by Crippen LogP contribution is -2.40. The van der Waals surface area contributed by atoms with E-state index in [2.05, 4.69) is 0 Å². The number of amides is 1. The summed E-state index contributed by atoms with van der Waals surface area (Å²) in [6.07, 6.45) is 4.16. The van der Waals surface area contributed by atoms with Crippen LogP contribution in [0.15, 0.2) is 0 Å². The van der Waals surface area contributed by atoms with Crippen molar-refractivity contribution in [1.29, 1.82) is 0 Å². The van der Waals surface area contributed by atoms with E-state index in [0.717, 1.165) is 31.9 Å². The molecule has 1 aliphatic heterocycles. The minimum absolute atomic E-state index is 0.189. The average Bonchev–Trinajstić information content (AvgIpc) is 2.36. The van der Waals surface area contributed by atoms with E-state index in [0.29, 0.717) is 19.7 Å². The van der Waals surface area contributed by atoms with Gasteiger partial charge in [0.05, 0.1) is 19.5 Å². The van der Waals surface area contributed by atoms with Crippen LogP contribution in [0.1, 0.15) is 32.6 Å². The van der Waals surface area contributed by atoms with E-state index in [1.54, 1.807) is 4.90 Å². The second-order valence-electron chi connectivity index (χ2n) is 4.89. The summed E-state index contributed by atoms with van der Waals surface area (Å²) in [5, 5.41) is 0. The molecule has 1 rings (SSSR count). The molecule has 7 heteroatoms. The smallest absolute Gasteiger partial charge is 0.409 e. The lowest BCUT2D eigenvalue weighted by Gasteiger charge is -2.30. The number of hydrogen-bond donors (Lipinski definition) is 0. The summed E-state index contributed by atoms with van der Waals surface area (Å²) in [4.78, 5) is 13.3. The highest BCUT2D eigenvalue weighted by Crippen LogP contribution is 2.18. The zero-order chi connectivity index (χ0) is 14.3. The number of nitrogens with zero attached hydrogens (tertiary/aromatic N) is 1. The zero-order valence-corrected chi connectivity index (χ0v) is 12.4. The standard InChI is InChI=1S/C12H23NO5S/c1-3-4-9-17-12(14)13-7-5-11(6-8-13)10-18-19(2,15)16/h11H,3-10H2,1-2H3. The number of hydrogen-bond acceptors (Lipinski definition) is 5. The van der Waals surface area contributed by atoms with Crippen molar-refractivity contribution in [2.75, 3.05) is 32.6 Å². The number of rotatable bonds is 6. The Morgan fingerprint density at radius 3 is 2.47 bits per heavy atom. The van der Waals surface area contributed by atoms with Crippen molar-refractivity contribution in [3.63, 3.8) is 0 Å². The SMILES string of the molecule is CCCCOC(=O)N1CCC(COS(C)(=O)=O)CC1. The van der Waals surface area contributed by atoms with Gasteiger partial charge in [0, 0.05) is 13.1 Å². The topological polar surface area (TPSA) is 72.9 Å². The molecule has 1 amide bonds. The van der Waals surface area contributed by atoms with Crippen molar-refractivity contribution in [2.24, 2.45) is 5.92 Å². The van der Waals surface area contributed by atoms with Gasteiger partial charge < -0.3 is 9.64 Å². The Kier molecular flexibility index (Phi) is 6.57. The highest BCUT2D eigenvalue weighted by molar-refractivity contribution is 7.85. The lowest BCUT2D eigenvalue weighted by molar-refractivity contribution is 0.0805. The molecule has 0 N–H and O–H groups in total. The summed E-state index contributed by atoms with van der Waals surface area (Å²) >= 11 is 0. The van der Waals surface area contributed by atoms with Crippen LogP contribution in [0.5, 0.6) is 0 Å². The molecule has 0 atom stereocenters. The summed E-state index contributed by atoms with van der Waals surface area (Å²) in [6.45, 7) is 3.91. The van der Waals surface area contributed by atoms with Gasteiger partial charge in [-0.15, -0.1) is 0 Å². The van der Waals surface area contributed by atoms with E-state index in [1.807, 2.05) is 6.92 Å². The van der Waals surface area contributed by atoms with Gasteiger partial charge >= 0.3 is 6.09 Å². The van der Waals surface area contributed by atoms with Crippen molar-refractivity contribution < 1.29 is 22.1 Å². The second kappa shape index (κ2) is 7.69. The predicted molar refractivity (Wildman–Crippen MR) is 71.3 cm³/mol. The van der Waals surface area contributed by atoms with Crippen molar-refractivity contribution in [2.45, 2.75) is 32.6 Å². The summed E-state index contributed by atoms with van der Waals surface area (Å²) in [5.41, 5.74) is 0. The van der Waals surface area contributed by atoms with Crippen molar-refractivity contribution in [1.82, 2.24) is 4.90 Å². The van der Waals surface area contributed by atoms with E-state index in [4.69, 9.17) is 8.92 Å². The third-order valence-electron chi connectivity index (χ3n) is 3.11. The molecular weight excluding hydrogens is 270 g/mol. The van der Waals surface area contributed by atoms with Gasteiger partial charge in [-0.1, -0.05) is 13.3 Å². The largest absolute Gasteiger partial charge is 0.449 e. The van der Waals surface area contributed by atoms with Gasteiger partial charge in [-0.25, -0.2) is 4.79 Å². The number of piperidine rings is 1. The molecule has 0 aliphatic carbocycles. The van der Waals surface area contributed by atoms with Crippen LogP contribution >= 0.6 is 0 Å². The van der Waals surface area contributed by atoms with Crippen LogP contribution in [0, 0.1) is 5.92 Å². The molecular formula is C12H23NO5S. The van der Waals surface area contributed by atoms with Crippen LogP contribution in [0.2, 0.25) is 0 Å². The molecule has 1 heterocycles. The normalized spacial score (nSPS) is 17.5.